The minimum atomic E-state index is -1.02. The molecule has 0 bridgehead atoms. The molecule has 0 unspecified atom stereocenters. The topological polar surface area (TPSA) is 106 Å². The molecule has 106 valence electrons. The lowest BCUT2D eigenvalue weighted by Gasteiger charge is -2.04. The van der Waals surface area contributed by atoms with Crippen molar-refractivity contribution < 1.29 is 14.7 Å². The summed E-state index contributed by atoms with van der Waals surface area (Å²) >= 11 is 1.04. The summed E-state index contributed by atoms with van der Waals surface area (Å²) in [4.78, 5) is 33.6. The second-order valence-corrected chi connectivity index (χ2v) is 4.92. The maximum Gasteiger partial charge on any atom is 0.325 e. The van der Waals surface area contributed by atoms with Crippen LogP contribution >= 0.6 is 11.3 Å². The Morgan fingerprint density at radius 3 is 2.80 bits per heavy atom. The Balaban J connectivity index is 2.00. The number of aromatic nitrogens is 3. The number of nitrogens with zero attached hydrogens (tertiary/aromatic N) is 3. The number of hydrogen-bond acceptors (Lipinski definition) is 5. The highest BCUT2D eigenvalue weighted by molar-refractivity contribution is 7.07. The van der Waals surface area contributed by atoms with Crippen LogP contribution < -0.4 is 10.2 Å². The SMILES string of the molecule is Cc1csc(=O)n1CC(=O)Nc1cnn(CC(=O)O)c1. The number of carbonyl (C=O) groups is 2. The average Bonchev–Trinajstić information content (AvgIpc) is 2.90. The number of rotatable bonds is 5. The maximum absolute atomic E-state index is 11.8. The van der Waals surface area contributed by atoms with E-state index in [0.29, 0.717) is 5.69 Å². The van der Waals surface area contributed by atoms with Gasteiger partial charge in [0.05, 0.1) is 11.9 Å². The molecule has 1 amide bonds. The van der Waals surface area contributed by atoms with Gasteiger partial charge in [-0.15, -0.1) is 0 Å². The number of carbonyl (C=O) groups excluding carboxylic acids is 1. The monoisotopic (exact) mass is 296 g/mol. The number of amides is 1. The molecule has 0 aliphatic heterocycles. The van der Waals surface area contributed by atoms with Crippen molar-refractivity contribution in [1.29, 1.82) is 0 Å². The Hall–Kier alpha value is -2.42. The van der Waals surface area contributed by atoms with E-state index >= 15 is 0 Å². The number of thiazole rings is 1. The van der Waals surface area contributed by atoms with E-state index in [4.69, 9.17) is 5.11 Å². The van der Waals surface area contributed by atoms with Gasteiger partial charge in [0.2, 0.25) is 5.91 Å². The maximum atomic E-state index is 11.8. The lowest BCUT2D eigenvalue weighted by atomic mass is 10.4. The zero-order valence-corrected chi connectivity index (χ0v) is 11.4. The molecule has 8 nitrogen and oxygen atoms in total. The molecule has 0 saturated heterocycles. The Morgan fingerprint density at radius 2 is 2.20 bits per heavy atom. The first kappa shape index (κ1) is 14.0. The molecule has 2 aromatic rings. The Bertz CT molecular complexity index is 699. The number of hydrogen-bond donors (Lipinski definition) is 2. The molecule has 2 rings (SSSR count). The minimum absolute atomic E-state index is 0.0850. The van der Waals surface area contributed by atoms with Gasteiger partial charge >= 0.3 is 10.8 Å². The quantitative estimate of drug-likeness (QED) is 0.816. The summed E-state index contributed by atoms with van der Waals surface area (Å²) in [6.07, 6.45) is 2.76. The minimum Gasteiger partial charge on any atom is -0.480 e. The number of carboxylic acid groups (broad SMARTS) is 1. The van der Waals surface area contributed by atoms with Gasteiger partial charge in [-0.25, -0.2) is 0 Å². The third kappa shape index (κ3) is 3.32. The molecule has 2 N–H and O–H groups in total. The largest absolute Gasteiger partial charge is 0.480 e. The predicted octanol–water partition coefficient (Wildman–Crippen LogP) is 0.138. The first-order chi connectivity index (χ1) is 9.45. The fourth-order valence-corrected chi connectivity index (χ4v) is 2.33. The van der Waals surface area contributed by atoms with E-state index in [9.17, 15) is 14.4 Å². The van der Waals surface area contributed by atoms with Crippen LogP contribution in [0.15, 0.2) is 22.6 Å². The fourth-order valence-electron chi connectivity index (χ4n) is 1.59. The average molecular weight is 296 g/mol. The van der Waals surface area contributed by atoms with Crippen molar-refractivity contribution in [2.75, 3.05) is 5.32 Å². The van der Waals surface area contributed by atoms with Gasteiger partial charge in [0.15, 0.2) is 0 Å². The summed E-state index contributed by atoms with van der Waals surface area (Å²) in [6, 6.07) is 0. The molecular formula is C11H12N4O4S. The van der Waals surface area contributed by atoms with E-state index in [0.717, 1.165) is 17.0 Å². The normalized spacial score (nSPS) is 10.4. The highest BCUT2D eigenvalue weighted by Crippen LogP contribution is 2.06. The van der Waals surface area contributed by atoms with Crippen LogP contribution in [-0.2, 0) is 22.7 Å². The molecule has 2 aromatic heterocycles. The van der Waals surface area contributed by atoms with Gasteiger partial charge in [-0.05, 0) is 6.92 Å². The van der Waals surface area contributed by atoms with Crippen LogP contribution in [0.1, 0.15) is 5.69 Å². The highest BCUT2D eigenvalue weighted by atomic mass is 32.1. The molecule has 0 radical (unpaired) electrons. The Kier molecular flexibility index (Phi) is 3.99. The predicted molar refractivity (Wildman–Crippen MR) is 71.8 cm³/mol. The van der Waals surface area contributed by atoms with Crippen LogP contribution in [0, 0.1) is 6.92 Å². The van der Waals surface area contributed by atoms with Crippen LogP contribution in [0.3, 0.4) is 0 Å². The Labute approximate surface area is 117 Å². The van der Waals surface area contributed by atoms with Crippen molar-refractivity contribution in [3.8, 4) is 0 Å². The van der Waals surface area contributed by atoms with E-state index in [1.807, 2.05) is 0 Å². The van der Waals surface area contributed by atoms with Crippen molar-refractivity contribution in [3.63, 3.8) is 0 Å². The lowest BCUT2D eigenvalue weighted by molar-refractivity contribution is -0.137. The molecule has 0 aromatic carbocycles. The van der Waals surface area contributed by atoms with E-state index in [1.54, 1.807) is 12.3 Å². The standard InChI is InChI=1S/C11H12N4O4S/c1-7-6-20-11(19)15(7)4-9(16)13-8-2-12-14(3-8)5-10(17)18/h2-3,6H,4-5H2,1H3,(H,13,16)(H,17,18). The summed E-state index contributed by atoms with van der Waals surface area (Å²) in [7, 11) is 0. The molecule has 0 aliphatic rings. The number of nitrogens with one attached hydrogen (secondary N) is 1. The third-order valence-electron chi connectivity index (χ3n) is 2.49. The van der Waals surface area contributed by atoms with Crippen molar-refractivity contribution in [3.05, 3.63) is 33.1 Å². The van der Waals surface area contributed by atoms with Crippen LogP contribution in [0.4, 0.5) is 5.69 Å². The molecule has 0 spiro atoms. The highest BCUT2D eigenvalue weighted by Gasteiger charge is 2.10. The smallest absolute Gasteiger partial charge is 0.325 e. The van der Waals surface area contributed by atoms with Gasteiger partial charge in [-0.2, -0.15) is 5.10 Å². The molecule has 0 fully saturated rings. The van der Waals surface area contributed by atoms with Gasteiger partial charge in [0.1, 0.15) is 13.1 Å². The van der Waals surface area contributed by atoms with Crippen molar-refractivity contribution in [1.82, 2.24) is 14.3 Å². The zero-order valence-electron chi connectivity index (χ0n) is 10.6. The van der Waals surface area contributed by atoms with E-state index in [-0.39, 0.29) is 23.9 Å². The second-order valence-electron chi connectivity index (χ2n) is 4.10. The van der Waals surface area contributed by atoms with E-state index in [2.05, 4.69) is 10.4 Å². The van der Waals surface area contributed by atoms with Gasteiger partial charge in [-0.3, -0.25) is 23.6 Å². The summed E-state index contributed by atoms with van der Waals surface area (Å²) < 4.78 is 2.56. The van der Waals surface area contributed by atoms with Gasteiger partial charge < -0.3 is 10.4 Å². The zero-order chi connectivity index (χ0) is 14.7. The van der Waals surface area contributed by atoms with Crippen molar-refractivity contribution in [2.24, 2.45) is 0 Å². The van der Waals surface area contributed by atoms with E-state index in [1.165, 1.54) is 21.6 Å². The van der Waals surface area contributed by atoms with E-state index < -0.39 is 5.97 Å². The summed E-state index contributed by atoms with van der Waals surface area (Å²) in [5, 5.41) is 16.6. The number of anilines is 1. The van der Waals surface area contributed by atoms with Crippen LogP contribution in [-0.4, -0.2) is 31.3 Å². The first-order valence-corrected chi connectivity index (χ1v) is 6.52. The van der Waals surface area contributed by atoms with Gasteiger partial charge in [-0.1, -0.05) is 11.3 Å². The van der Waals surface area contributed by atoms with Crippen LogP contribution in [0.25, 0.3) is 0 Å². The summed E-state index contributed by atoms with van der Waals surface area (Å²) in [6.45, 7) is 1.38. The second kappa shape index (κ2) is 5.70. The molecular weight excluding hydrogens is 284 g/mol. The molecule has 9 heteroatoms. The molecule has 0 aliphatic carbocycles. The molecule has 0 atom stereocenters. The number of aryl methyl sites for hydroxylation is 1. The lowest BCUT2D eigenvalue weighted by Crippen LogP contribution is -2.25. The Morgan fingerprint density at radius 1 is 1.45 bits per heavy atom. The van der Waals surface area contributed by atoms with Crippen molar-refractivity contribution in [2.45, 2.75) is 20.0 Å². The molecule has 2 heterocycles. The molecule has 20 heavy (non-hydrogen) atoms. The number of aliphatic carboxylic acids is 1. The summed E-state index contributed by atoms with van der Waals surface area (Å²) in [5.41, 5.74) is 1.11. The number of carboxylic acids is 1. The summed E-state index contributed by atoms with van der Waals surface area (Å²) in [5.74, 6) is -1.39. The first-order valence-electron chi connectivity index (χ1n) is 5.65. The van der Waals surface area contributed by atoms with Crippen molar-refractivity contribution >= 4 is 28.9 Å². The fraction of sp³-hybridized carbons (Fsp3) is 0.273. The van der Waals surface area contributed by atoms with Gasteiger partial charge in [0.25, 0.3) is 0 Å². The van der Waals surface area contributed by atoms with Crippen LogP contribution in [0.5, 0.6) is 0 Å². The van der Waals surface area contributed by atoms with Crippen LogP contribution in [0.2, 0.25) is 0 Å². The van der Waals surface area contributed by atoms with Gasteiger partial charge in [0, 0.05) is 17.3 Å². The molecule has 0 saturated carbocycles. The third-order valence-corrected chi connectivity index (χ3v) is 3.37.